The van der Waals surface area contributed by atoms with E-state index in [-0.39, 0.29) is 13.2 Å². The van der Waals surface area contributed by atoms with E-state index in [1.165, 1.54) is 6.26 Å². The molecule has 0 aliphatic heterocycles. The maximum atomic E-state index is 8.97. The SMILES string of the molecule is CC/C=C/C=C/C=C/C=C/C=C/OC[C@@H](O)CO. The minimum absolute atomic E-state index is 0.100. The van der Waals surface area contributed by atoms with E-state index < -0.39 is 6.10 Å². The van der Waals surface area contributed by atoms with Crippen molar-refractivity contribution in [3.05, 3.63) is 60.9 Å². The molecule has 1 atom stereocenters. The molecule has 0 aliphatic carbocycles. The summed E-state index contributed by atoms with van der Waals surface area (Å²) in [4.78, 5) is 0. The van der Waals surface area contributed by atoms with Gasteiger partial charge in [0.2, 0.25) is 0 Å². The second-order valence-electron chi connectivity index (χ2n) is 3.49. The molecular formula is C15H22O3. The molecule has 0 heterocycles. The molecule has 0 radical (unpaired) electrons. The standard InChI is InChI=1S/C15H22O3/c1-2-3-4-5-6-7-8-9-10-11-12-18-14-15(17)13-16/h3-12,15-17H,2,13-14H2,1H3/b4-3+,6-5+,8-7+,10-9+,12-11+/t15-/m0/s1. The van der Waals surface area contributed by atoms with Gasteiger partial charge in [0, 0.05) is 0 Å². The molecule has 0 fully saturated rings. The molecule has 0 amide bonds. The zero-order valence-corrected chi connectivity index (χ0v) is 10.8. The number of hydrogen-bond donors (Lipinski definition) is 2. The summed E-state index contributed by atoms with van der Waals surface area (Å²) in [6, 6.07) is 0. The Morgan fingerprint density at radius 1 is 0.944 bits per heavy atom. The van der Waals surface area contributed by atoms with Crippen LogP contribution in [-0.4, -0.2) is 29.5 Å². The topological polar surface area (TPSA) is 49.7 Å². The summed E-state index contributed by atoms with van der Waals surface area (Å²) >= 11 is 0. The zero-order valence-electron chi connectivity index (χ0n) is 10.8. The summed E-state index contributed by atoms with van der Waals surface area (Å²) in [6.45, 7) is 1.91. The van der Waals surface area contributed by atoms with E-state index >= 15 is 0 Å². The molecule has 0 aliphatic rings. The summed E-state index contributed by atoms with van der Waals surface area (Å²) in [5.74, 6) is 0. The molecule has 0 unspecified atom stereocenters. The van der Waals surface area contributed by atoms with Crippen LogP contribution in [0.1, 0.15) is 13.3 Å². The van der Waals surface area contributed by atoms with Crippen LogP contribution < -0.4 is 0 Å². The molecule has 18 heavy (non-hydrogen) atoms. The van der Waals surface area contributed by atoms with E-state index in [1.807, 2.05) is 42.5 Å². The van der Waals surface area contributed by atoms with Crippen LogP contribution in [0, 0.1) is 0 Å². The van der Waals surface area contributed by atoms with Gasteiger partial charge in [-0.3, -0.25) is 0 Å². The monoisotopic (exact) mass is 250 g/mol. The number of hydrogen-bond acceptors (Lipinski definition) is 3. The average molecular weight is 250 g/mol. The van der Waals surface area contributed by atoms with Crippen molar-refractivity contribution in [3.63, 3.8) is 0 Å². The van der Waals surface area contributed by atoms with E-state index in [4.69, 9.17) is 14.9 Å². The van der Waals surface area contributed by atoms with Gasteiger partial charge in [0.1, 0.15) is 12.7 Å². The van der Waals surface area contributed by atoms with Crippen molar-refractivity contribution in [3.8, 4) is 0 Å². The van der Waals surface area contributed by atoms with Crippen molar-refractivity contribution in [2.75, 3.05) is 13.2 Å². The summed E-state index contributed by atoms with van der Waals surface area (Å²) < 4.78 is 4.97. The minimum atomic E-state index is -0.820. The van der Waals surface area contributed by atoms with Crippen molar-refractivity contribution in [1.29, 1.82) is 0 Å². The molecule has 0 rings (SSSR count). The zero-order chi connectivity index (χ0) is 13.5. The molecule has 0 aromatic carbocycles. The Bertz CT molecular complexity index is 312. The van der Waals surface area contributed by atoms with Crippen LogP contribution in [0.2, 0.25) is 0 Å². The lowest BCUT2D eigenvalue weighted by atomic mass is 10.3. The second-order valence-corrected chi connectivity index (χ2v) is 3.49. The first-order valence-corrected chi connectivity index (χ1v) is 6.03. The van der Waals surface area contributed by atoms with Gasteiger partial charge < -0.3 is 14.9 Å². The summed E-state index contributed by atoms with van der Waals surface area (Å²) in [7, 11) is 0. The van der Waals surface area contributed by atoms with E-state index in [2.05, 4.69) is 13.0 Å². The van der Waals surface area contributed by atoms with Gasteiger partial charge in [-0.25, -0.2) is 0 Å². The molecule has 0 saturated carbocycles. The molecule has 0 aromatic rings. The quantitative estimate of drug-likeness (QED) is 0.488. The highest BCUT2D eigenvalue weighted by Crippen LogP contribution is 1.87. The maximum absolute atomic E-state index is 8.97. The number of rotatable bonds is 9. The van der Waals surface area contributed by atoms with Gasteiger partial charge in [0.15, 0.2) is 0 Å². The normalized spacial score (nSPS) is 14.8. The molecule has 0 saturated heterocycles. The van der Waals surface area contributed by atoms with Crippen LogP contribution >= 0.6 is 0 Å². The van der Waals surface area contributed by atoms with Crippen molar-refractivity contribution in [2.24, 2.45) is 0 Å². The maximum Gasteiger partial charge on any atom is 0.115 e. The van der Waals surface area contributed by atoms with Gasteiger partial charge in [-0.15, -0.1) is 0 Å². The van der Waals surface area contributed by atoms with Crippen LogP contribution in [0.5, 0.6) is 0 Å². The minimum Gasteiger partial charge on any atom is -0.498 e. The van der Waals surface area contributed by atoms with Crippen LogP contribution in [0.25, 0.3) is 0 Å². The van der Waals surface area contributed by atoms with Crippen LogP contribution in [-0.2, 0) is 4.74 Å². The molecular weight excluding hydrogens is 228 g/mol. The number of aliphatic hydroxyl groups excluding tert-OH is 2. The van der Waals surface area contributed by atoms with E-state index in [0.29, 0.717) is 0 Å². The second kappa shape index (κ2) is 13.5. The van der Waals surface area contributed by atoms with Crippen molar-refractivity contribution >= 4 is 0 Å². The lowest BCUT2D eigenvalue weighted by Gasteiger charge is -2.04. The van der Waals surface area contributed by atoms with Gasteiger partial charge >= 0.3 is 0 Å². The van der Waals surface area contributed by atoms with E-state index in [9.17, 15) is 0 Å². The Hall–Kier alpha value is -1.58. The molecule has 3 nitrogen and oxygen atoms in total. The molecule has 2 N–H and O–H groups in total. The third-order valence-corrected chi connectivity index (χ3v) is 1.82. The summed E-state index contributed by atoms with van der Waals surface area (Å²) in [6.07, 6.45) is 19.0. The Kier molecular flexibility index (Phi) is 12.3. The third kappa shape index (κ3) is 12.5. The first-order valence-electron chi connectivity index (χ1n) is 6.03. The number of aliphatic hydroxyl groups is 2. The average Bonchev–Trinajstić information content (AvgIpc) is 2.39. The fraction of sp³-hybridized carbons (Fsp3) is 0.333. The Balaban J connectivity index is 3.64. The van der Waals surface area contributed by atoms with Crippen LogP contribution in [0.15, 0.2) is 60.9 Å². The lowest BCUT2D eigenvalue weighted by molar-refractivity contribution is 0.0384. The van der Waals surface area contributed by atoms with Gasteiger partial charge in [-0.2, -0.15) is 0 Å². The molecule has 0 bridgehead atoms. The fourth-order valence-corrected chi connectivity index (χ4v) is 0.920. The van der Waals surface area contributed by atoms with Gasteiger partial charge in [-0.1, -0.05) is 55.5 Å². The van der Waals surface area contributed by atoms with Crippen LogP contribution in [0.3, 0.4) is 0 Å². The Morgan fingerprint density at radius 3 is 2.06 bits per heavy atom. The predicted molar refractivity (Wildman–Crippen MR) is 75.0 cm³/mol. The van der Waals surface area contributed by atoms with Crippen molar-refractivity contribution < 1.29 is 14.9 Å². The Morgan fingerprint density at radius 2 is 1.50 bits per heavy atom. The van der Waals surface area contributed by atoms with Gasteiger partial charge in [0.25, 0.3) is 0 Å². The summed E-state index contributed by atoms with van der Waals surface area (Å²) in [5.41, 5.74) is 0. The smallest absolute Gasteiger partial charge is 0.115 e. The van der Waals surface area contributed by atoms with E-state index in [1.54, 1.807) is 6.08 Å². The lowest BCUT2D eigenvalue weighted by Crippen LogP contribution is -2.17. The first kappa shape index (κ1) is 16.4. The highest BCUT2D eigenvalue weighted by molar-refractivity contribution is 5.17. The molecule has 3 heteroatoms. The van der Waals surface area contributed by atoms with Crippen LogP contribution in [0.4, 0.5) is 0 Å². The molecule has 0 aromatic heterocycles. The molecule has 0 spiro atoms. The highest BCUT2D eigenvalue weighted by Gasteiger charge is 1.98. The molecule has 100 valence electrons. The van der Waals surface area contributed by atoms with Crippen molar-refractivity contribution in [1.82, 2.24) is 0 Å². The fourth-order valence-electron chi connectivity index (χ4n) is 0.920. The third-order valence-electron chi connectivity index (χ3n) is 1.82. The number of allylic oxidation sites excluding steroid dienone is 9. The Labute approximate surface area is 109 Å². The summed E-state index contributed by atoms with van der Waals surface area (Å²) in [5, 5.41) is 17.5. The van der Waals surface area contributed by atoms with Crippen molar-refractivity contribution in [2.45, 2.75) is 19.4 Å². The number of ether oxygens (including phenoxy) is 1. The van der Waals surface area contributed by atoms with Gasteiger partial charge in [0.05, 0.1) is 12.9 Å². The first-order chi connectivity index (χ1) is 8.81. The largest absolute Gasteiger partial charge is 0.498 e. The predicted octanol–water partition coefficient (Wildman–Crippen LogP) is 2.50. The van der Waals surface area contributed by atoms with E-state index in [0.717, 1.165) is 6.42 Å². The highest BCUT2D eigenvalue weighted by atomic mass is 16.5. The van der Waals surface area contributed by atoms with Gasteiger partial charge in [-0.05, 0) is 12.5 Å².